The quantitative estimate of drug-likeness (QED) is 0.674. The molecule has 1 aromatic carbocycles. The molecule has 94 valence electrons. The summed E-state index contributed by atoms with van der Waals surface area (Å²) in [6, 6.07) is 10.3. The molecule has 0 aliphatic heterocycles. The van der Waals surface area contributed by atoms with Crippen molar-refractivity contribution in [3.05, 3.63) is 64.1 Å². The van der Waals surface area contributed by atoms with E-state index in [-0.39, 0.29) is 11.9 Å². The Morgan fingerprint density at radius 3 is 2.78 bits per heavy atom. The highest BCUT2D eigenvalue weighted by Gasteiger charge is 2.12. The highest BCUT2D eigenvalue weighted by Crippen LogP contribution is 2.20. The number of nitrogens with one attached hydrogen (secondary N) is 1. The lowest BCUT2D eigenvalue weighted by atomic mass is 10.0. The van der Waals surface area contributed by atoms with Crippen molar-refractivity contribution in [3.8, 4) is 0 Å². The molecule has 2 rings (SSSR count). The van der Waals surface area contributed by atoms with Gasteiger partial charge in [0, 0.05) is 10.7 Å². The van der Waals surface area contributed by atoms with Gasteiger partial charge in [-0.25, -0.2) is 4.39 Å². The van der Waals surface area contributed by atoms with Gasteiger partial charge in [0.25, 0.3) is 0 Å². The molecule has 1 aromatic heterocycles. The molecule has 0 bridgehead atoms. The van der Waals surface area contributed by atoms with Gasteiger partial charge < -0.3 is 0 Å². The van der Waals surface area contributed by atoms with Gasteiger partial charge in [-0.15, -0.1) is 0 Å². The minimum Gasteiger partial charge on any atom is -0.271 e. The van der Waals surface area contributed by atoms with Crippen molar-refractivity contribution in [3.63, 3.8) is 0 Å². The summed E-state index contributed by atoms with van der Waals surface area (Å²) in [4.78, 5) is 4.24. The first-order chi connectivity index (χ1) is 8.69. The van der Waals surface area contributed by atoms with E-state index in [1.807, 2.05) is 24.3 Å². The van der Waals surface area contributed by atoms with E-state index in [2.05, 4.69) is 26.3 Å². The molecule has 1 unspecified atom stereocenters. The Kier molecular flexibility index (Phi) is 4.41. The van der Waals surface area contributed by atoms with Gasteiger partial charge in [-0.1, -0.05) is 22.0 Å². The summed E-state index contributed by atoms with van der Waals surface area (Å²) >= 11 is 3.27. The highest BCUT2D eigenvalue weighted by atomic mass is 79.9. The maximum Gasteiger partial charge on any atom is 0.124 e. The number of nitrogens with two attached hydrogens (primary N) is 1. The predicted octanol–water partition coefficient (Wildman–Crippen LogP) is 2.73. The summed E-state index contributed by atoms with van der Waals surface area (Å²) in [5.74, 6) is 5.27. The smallest absolute Gasteiger partial charge is 0.124 e. The fourth-order valence-electron chi connectivity index (χ4n) is 1.80. The fraction of sp³-hybridized carbons (Fsp3) is 0.154. The highest BCUT2D eigenvalue weighted by molar-refractivity contribution is 9.10. The molecule has 0 saturated heterocycles. The van der Waals surface area contributed by atoms with E-state index in [0.717, 1.165) is 11.3 Å². The zero-order valence-electron chi connectivity index (χ0n) is 9.61. The van der Waals surface area contributed by atoms with Crippen molar-refractivity contribution in [2.75, 3.05) is 0 Å². The van der Waals surface area contributed by atoms with Gasteiger partial charge in [-0.2, -0.15) is 0 Å². The monoisotopic (exact) mass is 309 g/mol. The van der Waals surface area contributed by atoms with Crippen LogP contribution in [0.3, 0.4) is 0 Å². The van der Waals surface area contributed by atoms with Gasteiger partial charge in [-0.3, -0.25) is 16.3 Å². The predicted molar refractivity (Wildman–Crippen MR) is 72.1 cm³/mol. The summed E-state index contributed by atoms with van der Waals surface area (Å²) in [5, 5.41) is 0. The molecule has 0 radical (unpaired) electrons. The lowest BCUT2D eigenvalue weighted by Gasteiger charge is -2.15. The molecule has 0 fully saturated rings. The van der Waals surface area contributed by atoms with Crippen molar-refractivity contribution < 1.29 is 4.39 Å². The lowest BCUT2D eigenvalue weighted by Crippen LogP contribution is -2.30. The largest absolute Gasteiger partial charge is 0.271 e. The second-order valence-corrected chi connectivity index (χ2v) is 4.87. The second-order valence-electron chi connectivity index (χ2n) is 3.96. The fourth-order valence-corrected chi connectivity index (χ4v) is 2.31. The topological polar surface area (TPSA) is 50.9 Å². The van der Waals surface area contributed by atoms with Crippen LogP contribution in [0.25, 0.3) is 0 Å². The van der Waals surface area contributed by atoms with Gasteiger partial charge in [0.05, 0.1) is 11.7 Å². The molecule has 18 heavy (non-hydrogen) atoms. The number of pyridine rings is 1. The van der Waals surface area contributed by atoms with E-state index in [1.54, 1.807) is 6.20 Å². The molecule has 0 aliphatic carbocycles. The van der Waals surface area contributed by atoms with Gasteiger partial charge >= 0.3 is 0 Å². The Bertz CT molecular complexity index is 499. The van der Waals surface area contributed by atoms with Crippen LogP contribution in [-0.4, -0.2) is 4.98 Å². The number of nitrogens with zero attached hydrogens (tertiary/aromatic N) is 1. The number of halogens is 2. The van der Waals surface area contributed by atoms with Crippen LogP contribution in [0.1, 0.15) is 17.3 Å². The van der Waals surface area contributed by atoms with Gasteiger partial charge in [0.1, 0.15) is 5.82 Å². The lowest BCUT2D eigenvalue weighted by molar-refractivity contribution is 0.535. The van der Waals surface area contributed by atoms with Gasteiger partial charge in [0.2, 0.25) is 0 Å². The van der Waals surface area contributed by atoms with Crippen molar-refractivity contribution in [2.45, 2.75) is 12.5 Å². The molecule has 3 N–H and O–H groups in total. The van der Waals surface area contributed by atoms with Crippen molar-refractivity contribution >= 4 is 15.9 Å². The maximum absolute atomic E-state index is 13.3. The van der Waals surface area contributed by atoms with Crippen LogP contribution < -0.4 is 11.3 Å². The Morgan fingerprint density at radius 1 is 1.33 bits per heavy atom. The summed E-state index contributed by atoms with van der Waals surface area (Å²) < 4.78 is 14.0. The Morgan fingerprint density at radius 2 is 2.17 bits per heavy atom. The zero-order chi connectivity index (χ0) is 13.0. The molecule has 0 amide bonds. The second kappa shape index (κ2) is 6.04. The number of rotatable bonds is 4. The van der Waals surface area contributed by atoms with Gasteiger partial charge in [-0.05, 0) is 42.3 Å². The van der Waals surface area contributed by atoms with Crippen LogP contribution in [0.15, 0.2) is 47.1 Å². The van der Waals surface area contributed by atoms with Gasteiger partial charge in [0.15, 0.2) is 0 Å². The molecule has 2 aromatic rings. The average molecular weight is 310 g/mol. The normalized spacial score (nSPS) is 12.4. The molecule has 0 spiro atoms. The Labute approximate surface area is 113 Å². The van der Waals surface area contributed by atoms with Crippen LogP contribution in [0.5, 0.6) is 0 Å². The first-order valence-electron chi connectivity index (χ1n) is 5.51. The Hall–Kier alpha value is -1.30. The van der Waals surface area contributed by atoms with Crippen molar-refractivity contribution in [2.24, 2.45) is 5.84 Å². The van der Waals surface area contributed by atoms with Crippen LogP contribution in [0.4, 0.5) is 4.39 Å². The number of benzene rings is 1. The molecular formula is C13H13BrFN3. The standard InChI is InChI=1S/C13H13BrFN3/c14-10-5-9(6-11(15)8-10)7-13(18-16)12-3-1-2-4-17-12/h1-6,8,13,18H,7,16H2. The van der Waals surface area contributed by atoms with Crippen LogP contribution >= 0.6 is 15.9 Å². The third-order valence-corrected chi connectivity index (χ3v) is 3.07. The first kappa shape index (κ1) is 13.1. The van der Waals surface area contributed by atoms with E-state index in [0.29, 0.717) is 10.9 Å². The maximum atomic E-state index is 13.3. The molecule has 1 heterocycles. The number of hydrazine groups is 1. The summed E-state index contributed by atoms with van der Waals surface area (Å²) in [5.41, 5.74) is 4.40. The first-order valence-corrected chi connectivity index (χ1v) is 6.30. The number of hydrogen-bond acceptors (Lipinski definition) is 3. The minimum atomic E-state index is -0.267. The van der Waals surface area contributed by atoms with Crippen molar-refractivity contribution in [1.29, 1.82) is 0 Å². The SMILES string of the molecule is NNC(Cc1cc(F)cc(Br)c1)c1ccccn1. The van der Waals surface area contributed by atoms with Crippen LogP contribution in [-0.2, 0) is 6.42 Å². The molecule has 0 saturated carbocycles. The molecule has 3 nitrogen and oxygen atoms in total. The molecule has 5 heteroatoms. The summed E-state index contributed by atoms with van der Waals surface area (Å²) in [7, 11) is 0. The van der Waals surface area contributed by atoms with E-state index >= 15 is 0 Å². The average Bonchev–Trinajstić information content (AvgIpc) is 2.36. The van der Waals surface area contributed by atoms with Crippen LogP contribution in [0, 0.1) is 5.82 Å². The summed E-state index contributed by atoms with van der Waals surface area (Å²) in [6.45, 7) is 0. The number of aromatic nitrogens is 1. The molecular weight excluding hydrogens is 297 g/mol. The van der Waals surface area contributed by atoms with E-state index < -0.39 is 0 Å². The van der Waals surface area contributed by atoms with E-state index in [4.69, 9.17) is 5.84 Å². The third-order valence-electron chi connectivity index (χ3n) is 2.61. The Balaban J connectivity index is 2.20. The van der Waals surface area contributed by atoms with Crippen LogP contribution in [0.2, 0.25) is 0 Å². The zero-order valence-corrected chi connectivity index (χ0v) is 11.2. The molecule has 0 aliphatic rings. The van der Waals surface area contributed by atoms with Crippen molar-refractivity contribution in [1.82, 2.24) is 10.4 Å². The van der Waals surface area contributed by atoms with E-state index in [9.17, 15) is 4.39 Å². The molecule has 1 atom stereocenters. The number of hydrogen-bond donors (Lipinski definition) is 2. The minimum absolute atomic E-state index is 0.139. The third kappa shape index (κ3) is 3.35. The van der Waals surface area contributed by atoms with E-state index in [1.165, 1.54) is 12.1 Å². The summed E-state index contributed by atoms with van der Waals surface area (Å²) in [6.07, 6.45) is 2.28.